The summed E-state index contributed by atoms with van der Waals surface area (Å²) in [4.78, 5) is 12.7. The fraction of sp³-hybridized carbons (Fsp3) is 0.0952. The van der Waals surface area contributed by atoms with Crippen molar-refractivity contribution < 1.29 is 24.5 Å². The monoisotopic (exact) mass is 380 g/mol. The molecule has 5 nitrogen and oxygen atoms in total. The number of phenolic OH excluding ortho intramolecular Hbond substituents is 2. The number of fused-ring (bicyclic) bond motifs is 6. The molecule has 0 fully saturated rings. The van der Waals surface area contributed by atoms with E-state index in [1.54, 1.807) is 25.1 Å². The molecule has 0 bridgehead atoms. The van der Waals surface area contributed by atoms with E-state index in [1.807, 2.05) is 12.1 Å². The fourth-order valence-electron chi connectivity index (χ4n) is 4.01. The molecular formula is C21H13ClO5. The Morgan fingerprint density at radius 1 is 1.00 bits per heavy atom. The van der Waals surface area contributed by atoms with E-state index in [2.05, 4.69) is 0 Å². The van der Waals surface area contributed by atoms with Gasteiger partial charge in [-0.1, -0.05) is 29.8 Å². The zero-order chi connectivity index (χ0) is 18.9. The molecular weight excluding hydrogens is 368 g/mol. The second-order valence-electron chi connectivity index (χ2n) is 6.61. The van der Waals surface area contributed by atoms with Crippen molar-refractivity contribution in [3.05, 3.63) is 81.4 Å². The van der Waals surface area contributed by atoms with E-state index in [4.69, 9.17) is 21.1 Å². The minimum atomic E-state index is -1.27. The van der Waals surface area contributed by atoms with E-state index in [1.165, 1.54) is 18.2 Å². The van der Waals surface area contributed by atoms with Crippen molar-refractivity contribution in [2.24, 2.45) is 0 Å². The second kappa shape index (κ2) is 5.18. The van der Waals surface area contributed by atoms with Crippen molar-refractivity contribution in [1.29, 1.82) is 0 Å². The molecule has 2 heterocycles. The maximum Gasteiger partial charge on any atom is 0.340 e. The molecule has 0 aromatic heterocycles. The summed E-state index contributed by atoms with van der Waals surface area (Å²) in [5.74, 6) is 0.0790. The molecule has 0 aliphatic carbocycles. The third-order valence-electron chi connectivity index (χ3n) is 5.13. The summed E-state index contributed by atoms with van der Waals surface area (Å²) in [6.07, 6.45) is 0. The number of esters is 1. The first-order chi connectivity index (χ1) is 12.9. The van der Waals surface area contributed by atoms with Crippen LogP contribution in [0.1, 0.15) is 32.6 Å². The van der Waals surface area contributed by atoms with Crippen LogP contribution in [0.5, 0.6) is 23.0 Å². The van der Waals surface area contributed by atoms with Crippen LogP contribution in [0.3, 0.4) is 0 Å². The van der Waals surface area contributed by atoms with Gasteiger partial charge in [0, 0.05) is 23.3 Å². The van der Waals surface area contributed by atoms with Crippen LogP contribution in [0.25, 0.3) is 0 Å². The largest absolute Gasteiger partial charge is 0.508 e. The molecule has 134 valence electrons. The normalized spacial score (nSPS) is 19.1. The van der Waals surface area contributed by atoms with Gasteiger partial charge in [0.1, 0.15) is 23.0 Å². The minimum Gasteiger partial charge on any atom is -0.508 e. The van der Waals surface area contributed by atoms with Crippen LogP contribution < -0.4 is 4.74 Å². The number of halogens is 1. The highest BCUT2D eigenvalue weighted by Crippen LogP contribution is 2.59. The standard InChI is InChI=1S/C21H13ClO5/c1-10-18-17(9-15(24)19(10)22)26-16-8-11(23)6-7-14(16)21(18)13-5-3-2-4-12(13)20(25)27-21/h2-9,23-24H,1H3. The number of carbonyl (C=O) groups is 1. The Hall–Kier alpha value is -3.18. The lowest BCUT2D eigenvalue weighted by atomic mass is 9.76. The van der Waals surface area contributed by atoms with Crippen molar-refractivity contribution >= 4 is 17.6 Å². The van der Waals surface area contributed by atoms with Gasteiger partial charge in [-0.25, -0.2) is 4.79 Å². The molecule has 1 unspecified atom stereocenters. The molecule has 6 heteroatoms. The lowest BCUT2D eigenvalue weighted by Gasteiger charge is -2.37. The third kappa shape index (κ3) is 1.92. The van der Waals surface area contributed by atoms with Gasteiger partial charge in [-0.2, -0.15) is 0 Å². The topological polar surface area (TPSA) is 76.0 Å². The van der Waals surface area contributed by atoms with Crippen LogP contribution >= 0.6 is 11.6 Å². The number of aromatic hydroxyl groups is 2. The average Bonchev–Trinajstić information content (AvgIpc) is 2.93. The summed E-state index contributed by atoms with van der Waals surface area (Å²) >= 11 is 6.31. The van der Waals surface area contributed by atoms with Crippen LogP contribution in [0.2, 0.25) is 5.02 Å². The van der Waals surface area contributed by atoms with Gasteiger partial charge in [0.15, 0.2) is 5.60 Å². The maximum absolute atomic E-state index is 12.7. The minimum absolute atomic E-state index is 0.0138. The Balaban J connectivity index is 1.96. The first kappa shape index (κ1) is 16.0. The molecule has 3 aromatic carbocycles. The first-order valence-corrected chi connectivity index (χ1v) is 8.68. The van der Waals surface area contributed by atoms with Crippen molar-refractivity contribution in [2.45, 2.75) is 12.5 Å². The lowest BCUT2D eigenvalue weighted by molar-refractivity contribution is 0.0222. The number of carbonyl (C=O) groups excluding carboxylic acids is 1. The van der Waals surface area contributed by atoms with Crippen molar-refractivity contribution in [3.8, 4) is 23.0 Å². The zero-order valence-corrected chi connectivity index (χ0v) is 14.9. The Labute approximate surface area is 159 Å². The number of benzene rings is 3. The van der Waals surface area contributed by atoms with Crippen LogP contribution in [-0.2, 0) is 10.3 Å². The summed E-state index contributed by atoms with van der Waals surface area (Å²) in [6.45, 7) is 1.74. The Morgan fingerprint density at radius 2 is 1.78 bits per heavy atom. The van der Waals surface area contributed by atoms with Crippen LogP contribution in [0.15, 0.2) is 48.5 Å². The van der Waals surface area contributed by atoms with E-state index in [0.717, 1.165) is 0 Å². The molecule has 2 aliphatic rings. The SMILES string of the molecule is Cc1c(Cl)c(O)cc2c1C1(OC(=O)c3ccccc31)c1ccc(O)cc1O2. The molecule has 0 radical (unpaired) electrons. The molecule has 5 rings (SSSR count). The van der Waals surface area contributed by atoms with Crippen molar-refractivity contribution in [1.82, 2.24) is 0 Å². The average molecular weight is 381 g/mol. The van der Waals surface area contributed by atoms with E-state index < -0.39 is 11.6 Å². The quantitative estimate of drug-likeness (QED) is 0.556. The van der Waals surface area contributed by atoms with E-state index in [-0.39, 0.29) is 16.5 Å². The summed E-state index contributed by atoms with van der Waals surface area (Å²) in [6, 6.07) is 13.2. The van der Waals surface area contributed by atoms with E-state index in [0.29, 0.717) is 39.3 Å². The zero-order valence-electron chi connectivity index (χ0n) is 14.1. The molecule has 2 N–H and O–H groups in total. The molecule has 0 saturated heterocycles. The highest BCUT2D eigenvalue weighted by atomic mass is 35.5. The number of rotatable bonds is 0. The van der Waals surface area contributed by atoms with Crippen molar-refractivity contribution in [2.75, 3.05) is 0 Å². The summed E-state index contributed by atoms with van der Waals surface area (Å²) in [5.41, 5.74) is 1.53. The summed E-state index contributed by atoms with van der Waals surface area (Å²) in [7, 11) is 0. The van der Waals surface area contributed by atoms with Gasteiger partial charge in [-0.15, -0.1) is 0 Å². The van der Waals surface area contributed by atoms with Gasteiger partial charge in [0.2, 0.25) is 0 Å². The van der Waals surface area contributed by atoms with E-state index >= 15 is 0 Å². The predicted octanol–water partition coefficient (Wildman–Crippen LogP) is 4.63. The van der Waals surface area contributed by atoms with Crippen LogP contribution in [-0.4, -0.2) is 16.2 Å². The Bertz CT molecular complexity index is 1150. The number of ether oxygens (including phenoxy) is 2. The van der Waals surface area contributed by atoms with Crippen LogP contribution in [0, 0.1) is 6.92 Å². The lowest BCUT2D eigenvalue weighted by Crippen LogP contribution is -2.34. The van der Waals surface area contributed by atoms with E-state index in [9.17, 15) is 15.0 Å². The number of phenols is 2. The smallest absolute Gasteiger partial charge is 0.340 e. The molecule has 1 atom stereocenters. The second-order valence-corrected chi connectivity index (χ2v) is 6.98. The third-order valence-corrected chi connectivity index (χ3v) is 5.61. The number of hydrogen-bond donors (Lipinski definition) is 2. The maximum atomic E-state index is 12.7. The summed E-state index contributed by atoms with van der Waals surface area (Å²) in [5, 5.41) is 20.2. The Morgan fingerprint density at radius 3 is 2.59 bits per heavy atom. The van der Waals surface area contributed by atoms with Gasteiger partial charge in [-0.05, 0) is 30.7 Å². The van der Waals surface area contributed by atoms with Gasteiger partial charge < -0.3 is 19.7 Å². The first-order valence-electron chi connectivity index (χ1n) is 8.30. The summed E-state index contributed by atoms with van der Waals surface area (Å²) < 4.78 is 11.9. The fourth-order valence-corrected chi connectivity index (χ4v) is 4.16. The molecule has 2 aliphatic heterocycles. The van der Waals surface area contributed by atoms with Gasteiger partial charge in [0.25, 0.3) is 0 Å². The van der Waals surface area contributed by atoms with Gasteiger partial charge in [-0.3, -0.25) is 0 Å². The molecule has 27 heavy (non-hydrogen) atoms. The highest BCUT2D eigenvalue weighted by Gasteiger charge is 2.54. The molecule has 0 amide bonds. The Kier molecular flexibility index (Phi) is 3.07. The number of hydrogen-bond acceptors (Lipinski definition) is 5. The predicted molar refractivity (Wildman–Crippen MR) is 97.8 cm³/mol. The highest BCUT2D eigenvalue weighted by molar-refractivity contribution is 6.33. The van der Waals surface area contributed by atoms with Crippen LogP contribution in [0.4, 0.5) is 0 Å². The molecule has 1 spiro atoms. The van der Waals surface area contributed by atoms with Gasteiger partial charge >= 0.3 is 5.97 Å². The van der Waals surface area contributed by atoms with Gasteiger partial charge in [0.05, 0.1) is 16.1 Å². The molecule has 3 aromatic rings. The van der Waals surface area contributed by atoms with Crippen molar-refractivity contribution in [3.63, 3.8) is 0 Å². The molecule has 0 saturated carbocycles.